The minimum atomic E-state index is -0.793. The van der Waals surface area contributed by atoms with Crippen molar-refractivity contribution >= 4 is 5.82 Å². The first kappa shape index (κ1) is 12.7. The second-order valence-corrected chi connectivity index (χ2v) is 4.55. The largest absolute Gasteiger partial charge is 0.436 e. The van der Waals surface area contributed by atoms with Crippen LogP contribution < -0.4 is 16.0 Å². The van der Waals surface area contributed by atoms with Gasteiger partial charge in [0.05, 0.1) is 0 Å². The van der Waals surface area contributed by atoms with Crippen LogP contribution in [0.5, 0.6) is 11.6 Å². The first-order valence-corrected chi connectivity index (χ1v) is 6.14. The van der Waals surface area contributed by atoms with Crippen molar-refractivity contribution in [2.24, 2.45) is 5.84 Å². The van der Waals surface area contributed by atoms with E-state index in [2.05, 4.69) is 15.4 Å². The Morgan fingerprint density at radius 2 is 2.00 bits per heavy atom. The molecular formula is C13H12F2N4O. The SMILES string of the molecule is NNc1cc(Oc2ccc(F)cc2F)nc(C2CC2)n1. The van der Waals surface area contributed by atoms with E-state index in [1.165, 1.54) is 12.1 Å². The highest BCUT2D eigenvalue weighted by Crippen LogP contribution is 2.39. The number of hydrogen-bond donors (Lipinski definition) is 2. The van der Waals surface area contributed by atoms with Crippen LogP contribution in [-0.2, 0) is 0 Å². The average molecular weight is 278 g/mol. The van der Waals surface area contributed by atoms with Gasteiger partial charge in [0.25, 0.3) is 0 Å². The smallest absolute Gasteiger partial charge is 0.224 e. The normalized spacial score (nSPS) is 14.2. The van der Waals surface area contributed by atoms with Gasteiger partial charge in [-0.15, -0.1) is 0 Å². The van der Waals surface area contributed by atoms with Crippen molar-refractivity contribution in [1.82, 2.24) is 9.97 Å². The van der Waals surface area contributed by atoms with E-state index in [-0.39, 0.29) is 11.6 Å². The van der Waals surface area contributed by atoms with Gasteiger partial charge in [0.1, 0.15) is 17.5 Å². The summed E-state index contributed by atoms with van der Waals surface area (Å²) in [5.41, 5.74) is 2.42. The van der Waals surface area contributed by atoms with Crippen molar-refractivity contribution in [1.29, 1.82) is 0 Å². The van der Waals surface area contributed by atoms with Gasteiger partial charge >= 0.3 is 0 Å². The van der Waals surface area contributed by atoms with Crippen LogP contribution in [0.2, 0.25) is 0 Å². The summed E-state index contributed by atoms with van der Waals surface area (Å²) >= 11 is 0. The Balaban J connectivity index is 1.91. The van der Waals surface area contributed by atoms with Gasteiger partial charge in [-0.25, -0.2) is 19.6 Å². The Morgan fingerprint density at radius 3 is 2.65 bits per heavy atom. The molecule has 1 aromatic carbocycles. The second-order valence-electron chi connectivity index (χ2n) is 4.55. The summed E-state index contributed by atoms with van der Waals surface area (Å²) in [4.78, 5) is 8.42. The van der Waals surface area contributed by atoms with Gasteiger partial charge in [-0.3, -0.25) is 0 Å². The molecule has 0 saturated heterocycles. The van der Waals surface area contributed by atoms with Crippen molar-refractivity contribution in [2.75, 3.05) is 5.43 Å². The molecule has 0 unspecified atom stereocenters. The predicted octanol–water partition coefficient (Wildman–Crippen LogP) is 2.71. The Kier molecular flexibility index (Phi) is 3.19. The quantitative estimate of drug-likeness (QED) is 0.664. The molecule has 2 aromatic rings. The molecule has 0 amide bonds. The van der Waals surface area contributed by atoms with Crippen molar-refractivity contribution in [3.05, 3.63) is 41.7 Å². The second kappa shape index (κ2) is 5.01. The Labute approximate surface area is 113 Å². The Hall–Kier alpha value is -2.28. The topological polar surface area (TPSA) is 73.1 Å². The van der Waals surface area contributed by atoms with E-state index in [0.717, 1.165) is 25.0 Å². The number of aromatic nitrogens is 2. The number of nitrogens with two attached hydrogens (primary N) is 1. The molecule has 1 aromatic heterocycles. The molecule has 1 saturated carbocycles. The van der Waals surface area contributed by atoms with Crippen molar-refractivity contribution in [3.8, 4) is 11.6 Å². The number of nitrogens with one attached hydrogen (secondary N) is 1. The zero-order valence-electron chi connectivity index (χ0n) is 10.4. The Morgan fingerprint density at radius 1 is 1.20 bits per heavy atom. The summed E-state index contributed by atoms with van der Waals surface area (Å²) in [5.74, 6) is 5.23. The number of halogens is 2. The molecule has 5 nitrogen and oxygen atoms in total. The number of hydrazine groups is 1. The number of rotatable bonds is 4. The molecule has 104 valence electrons. The van der Waals surface area contributed by atoms with Crippen molar-refractivity contribution in [3.63, 3.8) is 0 Å². The standard InChI is InChI=1S/C13H12F2N4O/c14-8-3-4-10(9(15)5-8)20-12-6-11(19-16)17-13(18-12)7-1-2-7/h3-7H,1-2,16H2,(H,17,18,19). The van der Waals surface area contributed by atoms with Crippen LogP contribution >= 0.6 is 0 Å². The summed E-state index contributed by atoms with van der Waals surface area (Å²) < 4.78 is 31.7. The lowest BCUT2D eigenvalue weighted by atomic mass is 10.3. The summed E-state index contributed by atoms with van der Waals surface area (Å²) in [6, 6.07) is 4.53. The van der Waals surface area contributed by atoms with Gasteiger partial charge in [-0.2, -0.15) is 4.98 Å². The molecule has 1 aliphatic rings. The minimum absolute atomic E-state index is 0.102. The van der Waals surface area contributed by atoms with Gasteiger partial charge < -0.3 is 10.2 Å². The van der Waals surface area contributed by atoms with E-state index in [1.54, 1.807) is 0 Å². The first-order valence-electron chi connectivity index (χ1n) is 6.14. The lowest BCUT2D eigenvalue weighted by Gasteiger charge is -2.09. The molecule has 0 aliphatic heterocycles. The molecule has 0 atom stereocenters. The average Bonchev–Trinajstić information content (AvgIpc) is 3.26. The van der Waals surface area contributed by atoms with Gasteiger partial charge in [0.2, 0.25) is 5.88 Å². The molecule has 0 radical (unpaired) electrons. The van der Waals surface area contributed by atoms with E-state index < -0.39 is 11.6 Å². The molecular weight excluding hydrogens is 266 g/mol. The third kappa shape index (κ3) is 2.67. The maximum Gasteiger partial charge on any atom is 0.224 e. The molecule has 7 heteroatoms. The molecule has 3 N–H and O–H groups in total. The number of benzene rings is 1. The van der Waals surface area contributed by atoms with Crippen LogP contribution in [0.4, 0.5) is 14.6 Å². The molecule has 0 bridgehead atoms. The van der Waals surface area contributed by atoms with Crippen LogP contribution in [0.1, 0.15) is 24.6 Å². The number of ether oxygens (including phenoxy) is 1. The van der Waals surface area contributed by atoms with Gasteiger partial charge in [0.15, 0.2) is 11.6 Å². The zero-order valence-corrected chi connectivity index (χ0v) is 10.4. The molecule has 20 heavy (non-hydrogen) atoms. The lowest BCUT2D eigenvalue weighted by Crippen LogP contribution is -2.10. The maximum atomic E-state index is 13.5. The van der Waals surface area contributed by atoms with E-state index >= 15 is 0 Å². The fraction of sp³-hybridized carbons (Fsp3) is 0.231. The third-order valence-corrected chi connectivity index (χ3v) is 2.92. The number of anilines is 1. The fourth-order valence-corrected chi connectivity index (χ4v) is 1.76. The summed E-state index contributed by atoms with van der Waals surface area (Å²) in [6.07, 6.45) is 2.02. The van der Waals surface area contributed by atoms with Crippen LogP contribution in [-0.4, -0.2) is 9.97 Å². The number of nitrogen functional groups attached to an aromatic ring is 1. The predicted molar refractivity (Wildman–Crippen MR) is 68.2 cm³/mol. The molecule has 1 fully saturated rings. The number of hydrogen-bond acceptors (Lipinski definition) is 5. The van der Waals surface area contributed by atoms with E-state index in [1.807, 2.05) is 0 Å². The van der Waals surface area contributed by atoms with Crippen LogP contribution in [0.15, 0.2) is 24.3 Å². The van der Waals surface area contributed by atoms with Crippen LogP contribution in [0, 0.1) is 11.6 Å². The molecule has 1 heterocycles. The highest BCUT2D eigenvalue weighted by atomic mass is 19.1. The summed E-state index contributed by atoms with van der Waals surface area (Å²) in [5, 5.41) is 0. The molecule has 0 spiro atoms. The monoisotopic (exact) mass is 278 g/mol. The molecule has 3 rings (SSSR count). The van der Waals surface area contributed by atoms with Gasteiger partial charge in [-0.1, -0.05) is 0 Å². The molecule has 1 aliphatic carbocycles. The van der Waals surface area contributed by atoms with Gasteiger partial charge in [-0.05, 0) is 25.0 Å². The summed E-state index contributed by atoms with van der Waals surface area (Å²) in [6.45, 7) is 0. The minimum Gasteiger partial charge on any atom is -0.436 e. The fourth-order valence-electron chi connectivity index (χ4n) is 1.76. The highest BCUT2D eigenvalue weighted by Gasteiger charge is 2.27. The summed E-state index contributed by atoms with van der Waals surface area (Å²) in [7, 11) is 0. The zero-order chi connectivity index (χ0) is 14.1. The van der Waals surface area contributed by atoms with E-state index in [0.29, 0.717) is 17.6 Å². The Bertz CT molecular complexity index is 646. The third-order valence-electron chi connectivity index (χ3n) is 2.92. The number of nitrogens with zero attached hydrogens (tertiary/aromatic N) is 2. The van der Waals surface area contributed by atoms with E-state index in [4.69, 9.17) is 10.6 Å². The first-order chi connectivity index (χ1) is 9.65. The van der Waals surface area contributed by atoms with E-state index in [9.17, 15) is 8.78 Å². The van der Waals surface area contributed by atoms with Crippen molar-refractivity contribution < 1.29 is 13.5 Å². The lowest BCUT2D eigenvalue weighted by molar-refractivity contribution is 0.421. The highest BCUT2D eigenvalue weighted by molar-refractivity contribution is 5.40. The van der Waals surface area contributed by atoms with Crippen molar-refractivity contribution in [2.45, 2.75) is 18.8 Å². The van der Waals surface area contributed by atoms with Crippen LogP contribution in [0.25, 0.3) is 0 Å². The van der Waals surface area contributed by atoms with Gasteiger partial charge in [0, 0.05) is 18.1 Å². The van der Waals surface area contributed by atoms with Crippen LogP contribution in [0.3, 0.4) is 0 Å². The maximum absolute atomic E-state index is 13.5.